The van der Waals surface area contributed by atoms with Gasteiger partial charge in [-0.3, -0.25) is 10.0 Å². The number of hydrogen-bond acceptors (Lipinski definition) is 4. The van der Waals surface area contributed by atoms with E-state index in [4.69, 9.17) is 10.2 Å². The summed E-state index contributed by atoms with van der Waals surface area (Å²) >= 11 is 0. The number of pyridine rings is 1. The van der Waals surface area contributed by atoms with Crippen molar-refractivity contribution in [3.8, 4) is 0 Å². The number of imidazole rings is 1. The van der Waals surface area contributed by atoms with Crippen molar-refractivity contribution < 1.29 is 10.0 Å². The van der Waals surface area contributed by atoms with Crippen molar-refractivity contribution in [1.82, 2.24) is 20.2 Å². The normalized spacial score (nSPS) is 12.9. The molecule has 2 rings (SSSR count). The Kier molecular flexibility index (Phi) is 5.34. The second-order valence-electron chi connectivity index (χ2n) is 8.26. The summed E-state index contributed by atoms with van der Waals surface area (Å²) in [5, 5.41) is 12.1. The minimum atomic E-state index is -0.561. The predicted molar refractivity (Wildman–Crippen MR) is 99.4 cm³/mol. The molecule has 2 aromatic rings. The molecule has 6 heteroatoms. The Balaban J connectivity index is 2.47. The third-order valence-corrected chi connectivity index (χ3v) is 3.78. The molecule has 0 aliphatic carbocycles. The molecule has 0 radical (unpaired) electrons. The quantitative estimate of drug-likeness (QED) is 0.452. The lowest BCUT2D eigenvalue weighted by atomic mass is 9.90. The fraction of sp³-hybridized carbons (Fsp3) is 0.474. The van der Waals surface area contributed by atoms with Gasteiger partial charge in [-0.25, -0.2) is 10.5 Å². The van der Waals surface area contributed by atoms with Crippen molar-refractivity contribution in [1.29, 1.82) is 0 Å². The number of carbonyl (C=O) groups excluding carboxylic acids is 1. The van der Waals surface area contributed by atoms with E-state index in [2.05, 4.69) is 51.3 Å². The van der Waals surface area contributed by atoms with E-state index in [1.807, 2.05) is 18.3 Å². The number of fused-ring (bicyclic) bond motifs is 1. The van der Waals surface area contributed by atoms with Gasteiger partial charge in [0.1, 0.15) is 5.65 Å². The van der Waals surface area contributed by atoms with E-state index in [0.29, 0.717) is 0 Å². The molecule has 0 bridgehead atoms. The Morgan fingerprint density at radius 1 is 1.28 bits per heavy atom. The van der Waals surface area contributed by atoms with E-state index in [0.717, 1.165) is 29.1 Å². The second kappa shape index (κ2) is 6.98. The van der Waals surface area contributed by atoms with Crippen molar-refractivity contribution in [2.75, 3.05) is 0 Å². The molecular weight excluding hydrogens is 316 g/mol. The molecular formula is C19H28N4O2. The van der Waals surface area contributed by atoms with Gasteiger partial charge in [0.25, 0.3) is 5.91 Å². The second-order valence-corrected chi connectivity index (χ2v) is 8.26. The number of hydroxylamine groups is 1. The van der Waals surface area contributed by atoms with Gasteiger partial charge in [-0.2, -0.15) is 0 Å². The minimum Gasteiger partial charge on any atom is -0.306 e. The highest BCUT2D eigenvalue weighted by Gasteiger charge is 2.24. The van der Waals surface area contributed by atoms with Gasteiger partial charge in [0.15, 0.2) is 0 Å². The molecule has 0 fully saturated rings. The SMILES string of the molecule is CC(C)(C)NCc1c(C(C)(C)C)nc2cc(/C=C/C(=O)NO)ccn12. The summed E-state index contributed by atoms with van der Waals surface area (Å²) in [4.78, 5) is 16.0. The molecule has 0 saturated heterocycles. The van der Waals surface area contributed by atoms with Gasteiger partial charge in [-0.1, -0.05) is 20.8 Å². The van der Waals surface area contributed by atoms with Crippen molar-refractivity contribution in [2.45, 2.75) is 59.0 Å². The molecule has 0 aliphatic rings. The summed E-state index contributed by atoms with van der Waals surface area (Å²) < 4.78 is 2.09. The van der Waals surface area contributed by atoms with Crippen LogP contribution in [0.15, 0.2) is 24.4 Å². The zero-order chi connectivity index (χ0) is 18.8. The Hall–Kier alpha value is -2.18. The van der Waals surface area contributed by atoms with E-state index in [-0.39, 0.29) is 11.0 Å². The van der Waals surface area contributed by atoms with Crippen LogP contribution in [0.4, 0.5) is 0 Å². The summed E-state index contributed by atoms with van der Waals surface area (Å²) in [7, 11) is 0. The Labute approximate surface area is 148 Å². The molecule has 136 valence electrons. The number of carbonyl (C=O) groups is 1. The minimum absolute atomic E-state index is 0.0135. The van der Waals surface area contributed by atoms with Gasteiger partial charge < -0.3 is 9.72 Å². The van der Waals surface area contributed by atoms with Gasteiger partial charge >= 0.3 is 0 Å². The van der Waals surface area contributed by atoms with Crippen molar-refractivity contribution in [3.05, 3.63) is 41.4 Å². The van der Waals surface area contributed by atoms with Crippen LogP contribution >= 0.6 is 0 Å². The molecule has 2 heterocycles. The molecule has 0 aromatic carbocycles. The third-order valence-electron chi connectivity index (χ3n) is 3.78. The van der Waals surface area contributed by atoms with Crippen molar-refractivity contribution >= 4 is 17.6 Å². The van der Waals surface area contributed by atoms with Crippen LogP contribution in [0.1, 0.15) is 58.5 Å². The van der Waals surface area contributed by atoms with Crippen LogP contribution in [0, 0.1) is 0 Å². The van der Waals surface area contributed by atoms with Gasteiger partial charge in [0.2, 0.25) is 0 Å². The van der Waals surface area contributed by atoms with E-state index in [1.165, 1.54) is 6.08 Å². The van der Waals surface area contributed by atoms with E-state index < -0.39 is 5.91 Å². The molecule has 6 nitrogen and oxygen atoms in total. The predicted octanol–water partition coefficient (Wildman–Crippen LogP) is 3.04. The van der Waals surface area contributed by atoms with Crippen molar-refractivity contribution in [2.24, 2.45) is 0 Å². The lowest BCUT2D eigenvalue weighted by molar-refractivity contribution is -0.124. The average Bonchev–Trinajstić information content (AvgIpc) is 2.88. The van der Waals surface area contributed by atoms with Crippen LogP contribution < -0.4 is 10.8 Å². The Bertz CT molecular complexity index is 792. The molecule has 3 N–H and O–H groups in total. The van der Waals surface area contributed by atoms with E-state index >= 15 is 0 Å². The zero-order valence-corrected chi connectivity index (χ0v) is 15.8. The molecule has 0 saturated carbocycles. The first-order valence-electron chi connectivity index (χ1n) is 8.40. The number of nitrogens with zero attached hydrogens (tertiary/aromatic N) is 2. The fourth-order valence-electron chi connectivity index (χ4n) is 2.54. The summed E-state index contributed by atoms with van der Waals surface area (Å²) in [5.74, 6) is -0.561. The Morgan fingerprint density at radius 2 is 1.96 bits per heavy atom. The summed E-state index contributed by atoms with van der Waals surface area (Å²) in [6.45, 7) is 13.6. The standard InChI is InChI=1S/C19H28N4O2/c1-18(2,3)17-14(12-20-19(4,5)6)23-10-9-13(11-15(23)21-17)7-8-16(24)22-25/h7-11,20,25H,12H2,1-6H3,(H,22,24)/b8-7+. The number of amides is 1. The Morgan fingerprint density at radius 3 is 2.52 bits per heavy atom. The molecule has 0 aliphatic heterocycles. The number of nitrogens with one attached hydrogen (secondary N) is 2. The zero-order valence-electron chi connectivity index (χ0n) is 15.8. The lowest BCUT2D eigenvalue weighted by Gasteiger charge is -2.23. The summed E-state index contributed by atoms with van der Waals surface area (Å²) in [6.07, 6.45) is 4.89. The molecule has 0 spiro atoms. The van der Waals surface area contributed by atoms with Gasteiger partial charge in [-0.05, 0) is 44.5 Å². The summed E-state index contributed by atoms with van der Waals surface area (Å²) in [5.41, 5.74) is 5.39. The fourth-order valence-corrected chi connectivity index (χ4v) is 2.54. The highest BCUT2D eigenvalue weighted by Crippen LogP contribution is 2.27. The highest BCUT2D eigenvalue weighted by atomic mass is 16.5. The smallest absolute Gasteiger partial charge is 0.267 e. The first kappa shape index (κ1) is 19.1. The molecule has 0 atom stereocenters. The third kappa shape index (κ3) is 4.90. The lowest BCUT2D eigenvalue weighted by Crippen LogP contribution is -2.36. The maximum Gasteiger partial charge on any atom is 0.267 e. The topological polar surface area (TPSA) is 78.7 Å². The first-order chi connectivity index (χ1) is 11.5. The molecule has 2 aromatic heterocycles. The van der Waals surface area contributed by atoms with Crippen LogP contribution in [-0.2, 0) is 16.8 Å². The molecule has 1 amide bonds. The average molecular weight is 344 g/mol. The highest BCUT2D eigenvalue weighted by molar-refractivity contribution is 5.90. The van der Waals surface area contributed by atoms with Gasteiger partial charge in [-0.15, -0.1) is 0 Å². The maximum atomic E-state index is 11.1. The molecule has 25 heavy (non-hydrogen) atoms. The van der Waals surface area contributed by atoms with Gasteiger partial charge in [0, 0.05) is 29.8 Å². The number of aromatic nitrogens is 2. The van der Waals surface area contributed by atoms with Crippen LogP contribution in [0.25, 0.3) is 11.7 Å². The maximum absolute atomic E-state index is 11.1. The summed E-state index contributed by atoms with van der Waals surface area (Å²) in [6, 6.07) is 3.85. The molecule has 0 unspecified atom stereocenters. The number of hydrogen-bond donors (Lipinski definition) is 3. The van der Waals surface area contributed by atoms with Crippen LogP contribution in [0.3, 0.4) is 0 Å². The van der Waals surface area contributed by atoms with Gasteiger partial charge in [0.05, 0.1) is 11.4 Å². The number of rotatable bonds is 4. The van der Waals surface area contributed by atoms with E-state index in [1.54, 1.807) is 11.6 Å². The first-order valence-corrected chi connectivity index (χ1v) is 8.40. The largest absolute Gasteiger partial charge is 0.306 e. The van der Waals surface area contributed by atoms with Crippen LogP contribution in [-0.4, -0.2) is 26.0 Å². The monoisotopic (exact) mass is 344 g/mol. The van der Waals surface area contributed by atoms with E-state index in [9.17, 15) is 4.79 Å². The van der Waals surface area contributed by atoms with Crippen LogP contribution in [0.2, 0.25) is 0 Å². The van der Waals surface area contributed by atoms with Crippen molar-refractivity contribution in [3.63, 3.8) is 0 Å². The van der Waals surface area contributed by atoms with Crippen LogP contribution in [0.5, 0.6) is 0 Å².